The van der Waals surface area contributed by atoms with Gasteiger partial charge in [-0.05, 0) is 55.6 Å². The summed E-state index contributed by atoms with van der Waals surface area (Å²) in [5.41, 5.74) is 3.23. The quantitative estimate of drug-likeness (QED) is 0.328. The molecular weight excluding hydrogens is 406 g/mol. The van der Waals surface area contributed by atoms with E-state index in [0.29, 0.717) is 6.04 Å². The van der Waals surface area contributed by atoms with Crippen molar-refractivity contribution in [2.75, 3.05) is 18.4 Å². The van der Waals surface area contributed by atoms with Gasteiger partial charge in [0.15, 0.2) is 0 Å². The van der Waals surface area contributed by atoms with Crippen molar-refractivity contribution in [1.29, 1.82) is 0 Å². The van der Waals surface area contributed by atoms with Gasteiger partial charge in [0.2, 0.25) is 5.88 Å². The average molecular weight is 440 g/mol. The van der Waals surface area contributed by atoms with Crippen molar-refractivity contribution in [2.24, 2.45) is 0 Å². The number of benzene rings is 3. The van der Waals surface area contributed by atoms with Crippen molar-refractivity contribution in [2.45, 2.75) is 51.1 Å². The number of anilines is 1. The average Bonchev–Trinajstić information content (AvgIpc) is 3.15. The van der Waals surface area contributed by atoms with Gasteiger partial charge in [0, 0.05) is 17.7 Å². The molecule has 1 saturated heterocycles. The van der Waals surface area contributed by atoms with E-state index in [1.54, 1.807) is 0 Å². The zero-order chi connectivity index (χ0) is 22.5. The molecule has 0 radical (unpaired) electrons. The molecule has 33 heavy (non-hydrogen) atoms. The second-order valence-corrected chi connectivity index (χ2v) is 9.24. The number of fused-ring (bicyclic) bond motifs is 1. The van der Waals surface area contributed by atoms with Gasteiger partial charge in [-0.3, -0.25) is 0 Å². The minimum atomic E-state index is 0.130. The van der Waals surface area contributed by atoms with E-state index in [1.165, 1.54) is 55.1 Å². The Hall–Kier alpha value is -3.11. The zero-order valence-electron chi connectivity index (χ0n) is 19.4. The standard InChI is InChI=1S/C29H33N3O/c1-22(32-18-9-2-3-10-19-32)20-28(26-17-11-15-23-12-7-8-16-25(23)26)30-29-21-27(31-33-29)24-13-5-4-6-14-24/h4-8,11-17,21-22,28,30H,2-3,9-10,18-20H2,1H3. The molecule has 3 aromatic carbocycles. The number of rotatable bonds is 7. The first-order valence-corrected chi connectivity index (χ1v) is 12.3. The van der Waals surface area contributed by atoms with Gasteiger partial charge in [-0.1, -0.05) is 90.8 Å². The molecule has 4 nitrogen and oxygen atoms in total. The van der Waals surface area contributed by atoms with Crippen LogP contribution in [-0.4, -0.2) is 29.2 Å². The summed E-state index contributed by atoms with van der Waals surface area (Å²) in [6.45, 7) is 4.77. The summed E-state index contributed by atoms with van der Waals surface area (Å²) in [4.78, 5) is 2.67. The lowest BCUT2D eigenvalue weighted by Gasteiger charge is -2.31. The van der Waals surface area contributed by atoms with Crippen molar-refractivity contribution < 1.29 is 4.52 Å². The third-order valence-electron chi connectivity index (χ3n) is 6.94. The van der Waals surface area contributed by atoms with E-state index in [-0.39, 0.29) is 6.04 Å². The predicted molar refractivity (Wildman–Crippen MR) is 136 cm³/mol. The highest BCUT2D eigenvalue weighted by molar-refractivity contribution is 5.86. The number of aromatic nitrogens is 1. The molecule has 4 aromatic rings. The summed E-state index contributed by atoms with van der Waals surface area (Å²) in [7, 11) is 0. The smallest absolute Gasteiger partial charge is 0.225 e. The number of hydrogen-bond acceptors (Lipinski definition) is 4. The second kappa shape index (κ2) is 10.2. The Balaban J connectivity index is 1.44. The molecule has 2 atom stereocenters. The Bertz CT molecular complexity index is 1160. The molecule has 2 unspecified atom stereocenters. The normalized spacial score (nSPS) is 16.9. The SMILES string of the molecule is CC(CC(Nc1cc(-c2ccccc2)no1)c1cccc2ccccc12)N1CCCCCC1. The summed E-state index contributed by atoms with van der Waals surface area (Å²) >= 11 is 0. The van der Waals surface area contributed by atoms with Crippen LogP contribution >= 0.6 is 0 Å². The number of nitrogens with one attached hydrogen (secondary N) is 1. The Kier molecular flexibility index (Phi) is 6.73. The van der Waals surface area contributed by atoms with E-state index < -0.39 is 0 Å². The van der Waals surface area contributed by atoms with E-state index in [1.807, 2.05) is 24.3 Å². The van der Waals surface area contributed by atoms with Gasteiger partial charge in [0.25, 0.3) is 0 Å². The Labute approximate surface area is 196 Å². The molecular formula is C29H33N3O. The van der Waals surface area contributed by atoms with Gasteiger partial charge in [-0.25, -0.2) is 0 Å². The molecule has 1 aromatic heterocycles. The highest BCUT2D eigenvalue weighted by Crippen LogP contribution is 2.33. The highest BCUT2D eigenvalue weighted by Gasteiger charge is 2.23. The van der Waals surface area contributed by atoms with Crippen molar-refractivity contribution in [1.82, 2.24) is 10.1 Å². The van der Waals surface area contributed by atoms with Crippen molar-refractivity contribution in [3.8, 4) is 11.3 Å². The summed E-state index contributed by atoms with van der Waals surface area (Å²) in [6, 6.07) is 28.1. The monoisotopic (exact) mass is 439 g/mol. The van der Waals surface area contributed by atoms with Crippen molar-refractivity contribution in [3.05, 3.63) is 84.4 Å². The Morgan fingerprint density at radius 2 is 1.61 bits per heavy atom. The van der Waals surface area contributed by atoms with Gasteiger partial charge in [-0.15, -0.1) is 0 Å². The minimum absolute atomic E-state index is 0.130. The molecule has 1 aliphatic rings. The van der Waals surface area contributed by atoms with E-state index in [4.69, 9.17) is 4.52 Å². The van der Waals surface area contributed by atoms with Crippen LogP contribution in [0.1, 0.15) is 50.6 Å². The molecule has 0 amide bonds. The molecule has 1 aliphatic heterocycles. The summed E-state index contributed by atoms with van der Waals surface area (Å²) in [5.74, 6) is 0.717. The summed E-state index contributed by atoms with van der Waals surface area (Å²) in [5, 5.41) is 10.6. The molecule has 2 heterocycles. The molecule has 0 aliphatic carbocycles. The number of hydrogen-bond donors (Lipinski definition) is 1. The van der Waals surface area contributed by atoms with Crippen LogP contribution < -0.4 is 5.32 Å². The molecule has 0 saturated carbocycles. The third-order valence-corrected chi connectivity index (χ3v) is 6.94. The van der Waals surface area contributed by atoms with E-state index in [0.717, 1.165) is 23.6 Å². The molecule has 1 N–H and O–H groups in total. The maximum Gasteiger partial charge on any atom is 0.225 e. The Morgan fingerprint density at radius 3 is 2.42 bits per heavy atom. The zero-order valence-corrected chi connectivity index (χ0v) is 19.4. The van der Waals surface area contributed by atoms with E-state index >= 15 is 0 Å². The molecule has 0 bridgehead atoms. The summed E-state index contributed by atoms with van der Waals surface area (Å²) in [6.07, 6.45) is 6.33. The fourth-order valence-corrected chi connectivity index (χ4v) is 5.10. The first-order valence-electron chi connectivity index (χ1n) is 12.3. The maximum atomic E-state index is 5.76. The fraction of sp³-hybridized carbons (Fsp3) is 0.345. The van der Waals surface area contributed by atoms with Crippen molar-refractivity contribution in [3.63, 3.8) is 0 Å². The Morgan fingerprint density at radius 1 is 0.879 bits per heavy atom. The van der Waals surface area contributed by atoms with E-state index in [2.05, 4.69) is 76.9 Å². The van der Waals surface area contributed by atoms with E-state index in [9.17, 15) is 0 Å². The summed E-state index contributed by atoms with van der Waals surface area (Å²) < 4.78 is 5.76. The molecule has 4 heteroatoms. The molecule has 5 rings (SSSR count). The van der Waals surface area contributed by atoms with Crippen LogP contribution in [0.25, 0.3) is 22.0 Å². The van der Waals surface area contributed by atoms with Crippen LogP contribution in [-0.2, 0) is 0 Å². The van der Waals surface area contributed by atoms with Crippen molar-refractivity contribution >= 4 is 16.7 Å². The molecule has 170 valence electrons. The van der Waals surface area contributed by atoms with Crippen LogP contribution in [0.15, 0.2) is 83.4 Å². The highest BCUT2D eigenvalue weighted by atomic mass is 16.5. The third kappa shape index (κ3) is 5.12. The van der Waals surface area contributed by atoms with Gasteiger partial charge in [0.1, 0.15) is 5.69 Å². The van der Waals surface area contributed by atoms with Crippen LogP contribution in [0.5, 0.6) is 0 Å². The lowest BCUT2D eigenvalue weighted by molar-refractivity contribution is 0.201. The van der Waals surface area contributed by atoms with Gasteiger partial charge in [0.05, 0.1) is 6.04 Å². The topological polar surface area (TPSA) is 41.3 Å². The predicted octanol–water partition coefficient (Wildman–Crippen LogP) is 7.30. The fourth-order valence-electron chi connectivity index (χ4n) is 5.10. The maximum absolute atomic E-state index is 5.76. The number of nitrogens with zero attached hydrogens (tertiary/aromatic N) is 2. The second-order valence-electron chi connectivity index (χ2n) is 9.24. The lowest BCUT2D eigenvalue weighted by Crippen LogP contribution is -2.36. The minimum Gasteiger partial charge on any atom is -0.347 e. The number of likely N-dealkylation sites (tertiary alicyclic amines) is 1. The molecule has 0 spiro atoms. The van der Waals surface area contributed by atoms with Crippen LogP contribution in [0.3, 0.4) is 0 Å². The van der Waals surface area contributed by atoms with Crippen LogP contribution in [0.2, 0.25) is 0 Å². The van der Waals surface area contributed by atoms with Crippen LogP contribution in [0, 0.1) is 0 Å². The first-order chi connectivity index (χ1) is 16.3. The van der Waals surface area contributed by atoms with Gasteiger partial charge in [-0.2, -0.15) is 0 Å². The van der Waals surface area contributed by atoms with Crippen LogP contribution in [0.4, 0.5) is 5.88 Å². The lowest BCUT2D eigenvalue weighted by atomic mass is 9.94. The largest absolute Gasteiger partial charge is 0.347 e. The van der Waals surface area contributed by atoms with Gasteiger partial charge >= 0.3 is 0 Å². The van der Waals surface area contributed by atoms with Gasteiger partial charge < -0.3 is 14.7 Å². The molecule has 1 fully saturated rings. The first kappa shape index (κ1) is 21.7.